The van der Waals surface area contributed by atoms with Crippen LogP contribution in [0.3, 0.4) is 0 Å². The maximum atomic E-state index is 13.8. The number of pyridine rings is 1. The number of thiazole rings is 1. The van der Waals surface area contributed by atoms with E-state index in [9.17, 15) is 9.59 Å². The predicted octanol–water partition coefficient (Wildman–Crippen LogP) is 1.57. The molecule has 0 saturated carbocycles. The van der Waals surface area contributed by atoms with Gasteiger partial charge in [0.1, 0.15) is 6.04 Å². The lowest BCUT2D eigenvalue weighted by Gasteiger charge is -2.47. The first-order chi connectivity index (χ1) is 14.7. The first-order valence-corrected chi connectivity index (χ1v) is 11.8. The highest BCUT2D eigenvalue weighted by Gasteiger charge is 2.47. The summed E-state index contributed by atoms with van der Waals surface area (Å²) in [6, 6.07) is 5.08. The maximum Gasteiger partial charge on any atom is 0.251 e. The summed E-state index contributed by atoms with van der Waals surface area (Å²) in [6.07, 6.45) is 0.969. The average Bonchev–Trinajstić information content (AvgIpc) is 3.46. The Labute approximate surface area is 179 Å². The van der Waals surface area contributed by atoms with Gasteiger partial charge in [-0.3, -0.25) is 19.1 Å². The molecule has 0 radical (unpaired) electrons. The number of hydrogen-bond acceptors (Lipinski definition) is 6. The van der Waals surface area contributed by atoms with Crippen LogP contribution in [-0.2, 0) is 16.1 Å². The molecule has 0 aromatic carbocycles. The minimum atomic E-state index is -0.400. The monoisotopic (exact) mass is 426 g/mol. The fraction of sp³-hybridized carbons (Fsp3) is 0.591. The van der Waals surface area contributed by atoms with E-state index in [0.717, 1.165) is 63.7 Å². The van der Waals surface area contributed by atoms with E-state index in [1.807, 2.05) is 27.1 Å². The van der Waals surface area contributed by atoms with Crippen LogP contribution in [0, 0.1) is 17.8 Å². The zero-order valence-corrected chi connectivity index (χ0v) is 17.7. The summed E-state index contributed by atoms with van der Waals surface area (Å²) < 4.78 is 7.41. The number of fused-ring (bicyclic) bond motifs is 5. The van der Waals surface area contributed by atoms with Gasteiger partial charge in [-0.25, -0.2) is 4.98 Å². The van der Waals surface area contributed by atoms with Crippen molar-refractivity contribution in [1.82, 2.24) is 19.4 Å². The zero-order valence-electron chi connectivity index (χ0n) is 16.9. The lowest BCUT2D eigenvalue weighted by atomic mass is 9.78. The van der Waals surface area contributed by atoms with Gasteiger partial charge in [0.25, 0.3) is 5.56 Å². The number of ether oxygens (including phenoxy) is 1. The molecule has 5 atom stereocenters. The van der Waals surface area contributed by atoms with E-state index >= 15 is 0 Å². The molecule has 8 heteroatoms. The van der Waals surface area contributed by atoms with Gasteiger partial charge in [-0.1, -0.05) is 6.07 Å². The number of nitrogens with zero attached hydrogens (tertiary/aromatic N) is 4. The number of aromatic nitrogens is 2. The second-order valence-electron chi connectivity index (χ2n) is 9.27. The zero-order chi connectivity index (χ0) is 20.2. The fourth-order valence-electron chi connectivity index (χ4n) is 6.07. The third-order valence-electron chi connectivity index (χ3n) is 7.40. The molecule has 4 aliphatic rings. The van der Waals surface area contributed by atoms with Crippen LogP contribution in [0.4, 0.5) is 0 Å². The van der Waals surface area contributed by atoms with Crippen molar-refractivity contribution in [3.8, 4) is 0 Å². The molecule has 4 aliphatic heterocycles. The smallest absolute Gasteiger partial charge is 0.251 e. The Morgan fingerprint density at radius 1 is 1.13 bits per heavy atom. The lowest BCUT2D eigenvalue weighted by molar-refractivity contribution is -0.138. The van der Waals surface area contributed by atoms with Crippen LogP contribution in [0.15, 0.2) is 33.9 Å². The molecular weight excluding hydrogens is 400 g/mol. The number of rotatable bonds is 3. The van der Waals surface area contributed by atoms with E-state index in [4.69, 9.17) is 4.74 Å². The molecule has 0 aliphatic carbocycles. The second kappa shape index (κ2) is 7.28. The average molecular weight is 427 g/mol. The van der Waals surface area contributed by atoms with Crippen LogP contribution in [0.2, 0.25) is 0 Å². The van der Waals surface area contributed by atoms with Crippen molar-refractivity contribution in [3.05, 3.63) is 50.8 Å². The molecule has 2 aromatic heterocycles. The molecule has 1 amide bonds. The van der Waals surface area contributed by atoms with Crippen molar-refractivity contribution in [2.45, 2.75) is 24.9 Å². The van der Waals surface area contributed by atoms with Crippen molar-refractivity contribution in [2.75, 3.05) is 39.4 Å². The van der Waals surface area contributed by atoms with Gasteiger partial charge < -0.3 is 9.64 Å². The van der Waals surface area contributed by atoms with Gasteiger partial charge in [-0.05, 0) is 12.5 Å². The van der Waals surface area contributed by atoms with Crippen molar-refractivity contribution < 1.29 is 9.53 Å². The van der Waals surface area contributed by atoms with E-state index in [0.29, 0.717) is 11.8 Å². The van der Waals surface area contributed by atoms with Gasteiger partial charge >= 0.3 is 0 Å². The minimum Gasteiger partial charge on any atom is -0.381 e. The first kappa shape index (κ1) is 18.7. The number of hydrogen-bond donors (Lipinski definition) is 0. The molecule has 3 saturated heterocycles. The summed E-state index contributed by atoms with van der Waals surface area (Å²) in [7, 11) is 0. The van der Waals surface area contributed by atoms with Gasteiger partial charge in [0.05, 0.1) is 24.4 Å². The largest absolute Gasteiger partial charge is 0.381 e. The Kier molecular flexibility index (Phi) is 4.54. The first-order valence-electron chi connectivity index (χ1n) is 10.8. The van der Waals surface area contributed by atoms with E-state index in [1.165, 1.54) is 0 Å². The number of piperidine rings is 1. The van der Waals surface area contributed by atoms with Gasteiger partial charge in [0, 0.05) is 73.5 Å². The van der Waals surface area contributed by atoms with Gasteiger partial charge in [0.15, 0.2) is 0 Å². The minimum absolute atomic E-state index is 0.0452. The highest BCUT2D eigenvalue weighted by molar-refractivity contribution is 7.07. The summed E-state index contributed by atoms with van der Waals surface area (Å²) >= 11 is 1.62. The molecule has 0 N–H and O–H groups in total. The van der Waals surface area contributed by atoms with Gasteiger partial charge in [-0.2, -0.15) is 0 Å². The maximum absolute atomic E-state index is 13.8. The topological polar surface area (TPSA) is 67.7 Å². The summed E-state index contributed by atoms with van der Waals surface area (Å²) in [4.78, 5) is 35.5. The second-order valence-corrected chi connectivity index (χ2v) is 9.99. The van der Waals surface area contributed by atoms with Crippen molar-refractivity contribution in [1.29, 1.82) is 0 Å². The van der Waals surface area contributed by atoms with Crippen LogP contribution in [-0.4, -0.2) is 64.7 Å². The molecule has 6 rings (SSSR count). The van der Waals surface area contributed by atoms with Crippen molar-refractivity contribution >= 4 is 17.2 Å². The fourth-order valence-corrected chi connectivity index (χ4v) is 6.62. The quantitative estimate of drug-likeness (QED) is 0.745. The van der Waals surface area contributed by atoms with Crippen LogP contribution < -0.4 is 5.56 Å². The molecule has 2 bridgehead atoms. The van der Waals surface area contributed by atoms with Crippen molar-refractivity contribution in [2.24, 2.45) is 17.8 Å². The Hall–Kier alpha value is -2.03. The third kappa shape index (κ3) is 3.04. The van der Waals surface area contributed by atoms with Crippen LogP contribution in [0.25, 0.3) is 0 Å². The van der Waals surface area contributed by atoms with Gasteiger partial charge in [0.2, 0.25) is 5.91 Å². The Morgan fingerprint density at radius 3 is 2.73 bits per heavy atom. The number of likely N-dealkylation sites (tertiary alicyclic amines) is 2. The number of carbonyl (C=O) groups is 1. The normalized spacial score (nSPS) is 32.8. The van der Waals surface area contributed by atoms with E-state index in [1.54, 1.807) is 17.4 Å². The van der Waals surface area contributed by atoms with Crippen LogP contribution in [0.5, 0.6) is 0 Å². The summed E-state index contributed by atoms with van der Waals surface area (Å²) in [5, 5.41) is 2.09. The molecule has 3 fully saturated rings. The van der Waals surface area contributed by atoms with Crippen LogP contribution >= 0.6 is 11.3 Å². The Bertz CT molecular complexity index is 994. The Morgan fingerprint density at radius 2 is 1.97 bits per heavy atom. The molecule has 30 heavy (non-hydrogen) atoms. The summed E-state index contributed by atoms with van der Waals surface area (Å²) in [6.45, 7) is 5.56. The third-order valence-corrected chi connectivity index (χ3v) is 8.03. The SMILES string of the molecule is O=C([C@H]1[C@@H]2C[C@@H](CN(Cc3cscn3)C2)c2cccc(=O)n21)N1C[C@H]2COC[C@H]2C1. The highest BCUT2D eigenvalue weighted by Crippen LogP contribution is 2.43. The number of carbonyl (C=O) groups excluding carboxylic acids is 1. The van der Waals surface area contributed by atoms with E-state index in [-0.39, 0.29) is 23.3 Å². The molecule has 6 heterocycles. The molecule has 0 unspecified atom stereocenters. The van der Waals surface area contributed by atoms with Crippen molar-refractivity contribution in [3.63, 3.8) is 0 Å². The van der Waals surface area contributed by atoms with Gasteiger partial charge in [-0.15, -0.1) is 11.3 Å². The number of amides is 1. The molecular formula is C22H26N4O3S. The molecule has 0 spiro atoms. The van der Waals surface area contributed by atoms with E-state index < -0.39 is 6.04 Å². The molecule has 2 aromatic rings. The van der Waals surface area contributed by atoms with E-state index in [2.05, 4.69) is 15.3 Å². The van der Waals surface area contributed by atoms with Crippen LogP contribution in [0.1, 0.15) is 29.8 Å². The molecule has 158 valence electrons. The summed E-state index contributed by atoms with van der Waals surface area (Å²) in [5.41, 5.74) is 3.93. The molecule has 7 nitrogen and oxygen atoms in total. The summed E-state index contributed by atoms with van der Waals surface area (Å²) in [5.74, 6) is 1.46. The Balaban J connectivity index is 1.33. The standard InChI is InChI=1S/C22H26N4O3S/c27-20-3-1-2-19-14-4-15(6-24(5-14)9-18-12-30-13-23-18)21(26(19)20)22(28)25-7-16-10-29-11-17(16)8-25/h1-3,12-17,21H,4-11H2/t14-,15+,16-,17+,21+/m0/s1. The predicted molar refractivity (Wildman–Crippen MR) is 112 cm³/mol. The lowest BCUT2D eigenvalue weighted by Crippen LogP contribution is -2.53. The highest BCUT2D eigenvalue weighted by atomic mass is 32.1.